The number of hydrogen-bond acceptors (Lipinski definition) is 2. The van der Waals surface area contributed by atoms with Gasteiger partial charge in [-0.25, -0.2) is 0 Å². The molecule has 0 N–H and O–H groups in total. The molecule has 0 bridgehead atoms. The van der Waals surface area contributed by atoms with Crippen molar-refractivity contribution in [3.63, 3.8) is 0 Å². The molecular weight excluding hydrogens is 176 g/mol. The molecule has 2 heteroatoms. The first-order chi connectivity index (χ1) is 6.41. The molecule has 0 spiro atoms. The van der Waals surface area contributed by atoms with Crippen LogP contribution in [0, 0.1) is 10.8 Å². The van der Waals surface area contributed by atoms with Gasteiger partial charge in [0.15, 0.2) is 0 Å². The average Bonchev–Trinajstić information content (AvgIpc) is 1.98. The molecule has 1 heterocycles. The van der Waals surface area contributed by atoms with E-state index in [4.69, 9.17) is 9.47 Å². The molecule has 0 amide bonds. The van der Waals surface area contributed by atoms with Crippen LogP contribution in [0.4, 0.5) is 0 Å². The second-order valence-corrected chi connectivity index (χ2v) is 5.98. The third kappa shape index (κ3) is 4.43. The van der Waals surface area contributed by atoms with Crippen LogP contribution >= 0.6 is 0 Å². The molecule has 0 radical (unpaired) electrons. The van der Waals surface area contributed by atoms with Gasteiger partial charge in [0.2, 0.25) is 0 Å². The highest BCUT2D eigenvalue weighted by Gasteiger charge is 2.32. The van der Waals surface area contributed by atoms with Crippen molar-refractivity contribution in [3.8, 4) is 0 Å². The van der Waals surface area contributed by atoms with Gasteiger partial charge in [-0.15, -0.1) is 0 Å². The van der Waals surface area contributed by atoms with Crippen LogP contribution in [-0.2, 0) is 9.47 Å². The normalized spacial score (nSPS) is 20.6. The van der Waals surface area contributed by atoms with E-state index in [1.165, 1.54) is 0 Å². The quantitative estimate of drug-likeness (QED) is 0.635. The van der Waals surface area contributed by atoms with E-state index >= 15 is 0 Å². The zero-order valence-corrected chi connectivity index (χ0v) is 10.1. The summed E-state index contributed by atoms with van der Waals surface area (Å²) in [7, 11) is 0. The molecule has 1 rings (SSSR count). The lowest BCUT2D eigenvalue weighted by atomic mass is 9.85. The van der Waals surface area contributed by atoms with Crippen molar-refractivity contribution in [2.45, 2.75) is 40.5 Å². The van der Waals surface area contributed by atoms with E-state index in [1.54, 1.807) is 0 Å². The summed E-state index contributed by atoms with van der Waals surface area (Å²) in [5.41, 5.74) is 0.797. The Balaban J connectivity index is 1.94. The molecule has 2 nitrogen and oxygen atoms in total. The third-order valence-electron chi connectivity index (χ3n) is 2.75. The van der Waals surface area contributed by atoms with E-state index in [-0.39, 0.29) is 0 Å². The van der Waals surface area contributed by atoms with Crippen LogP contribution in [0.15, 0.2) is 0 Å². The first-order valence-corrected chi connectivity index (χ1v) is 5.57. The molecule has 0 atom stereocenters. The Morgan fingerprint density at radius 2 is 1.86 bits per heavy atom. The average molecular weight is 200 g/mol. The summed E-state index contributed by atoms with van der Waals surface area (Å²) >= 11 is 0. The minimum absolute atomic E-state index is 0.392. The highest BCUT2D eigenvalue weighted by atomic mass is 16.5. The van der Waals surface area contributed by atoms with Crippen molar-refractivity contribution in [1.29, 1.82) is 0 Å². The lowest BCUT2D eigenvalue weighted by molar-refractivity contribution is -0.115. The second-order valence-electron chi connectivity index (χ2n) is 5.98. The zero-order chi connectivity index (χ0) is 10.7. The molecule has 0 aromatic rings. The van der Waals surface area contributed by atoms with Crippen LogP contribution in [0.5, 0.6) is 0 Å². The molecule has 0 aromatic heterocycles. The predicted octanol–water partition coefficient (Wildman–Crippen LogP) is 2.87. The van der Waals surface area contributed by atoms with Gasteiger partial charge < -0.3 is 9.47 Å². The van der Waals surface area contributed by atoms with Crippen molar-refractivity contribution in [3.05, 3.63) is 0 Å². The van der Waals surface area contributed by atoms with Gasteiger partial charge in [-0.05, 0) is 18.3 Å². The van der Waals surface area contributed by atoms with E-state index < -0.39 is 0 Å². The summed E-state index contributed by atoms with van der Waals surface area (Å²) < 4.78 is 10.8. The molecule has 0 saturated carbocycles. The van der Waals surface area contributed by atoms with Gasteiger partial charge in [0, 0.05) is 18.6 Å². The monoisotopic (exact) mass is 200 g/mol. The molecular formula is C12H24O2. The van der Waals surface area contributed by atoms with Gasteiger partial charge in [-0.3, -0.25) is 0 Å². The lowest BCUT2D eigenvalue weighted by Gasteiger charge is -2.38. The van der Waals surface area contributed by atoms with E-state index in [1.807, 2.05) is 0 Å². The van der Waals surface area contributed by atoms with Crippen LogP contribution in [0.3, 0.4) is 0 Å². The topological polar surface area (TPSA) is 18.5 Å². The van der Waals surface area contributed by atoms with Crippen LogP contribution in [-0.4, -0.2) is 26.4 Å². The SMILES string of the molecule is CC(C)(C)CCOCCC1(C)COC1. The van der Waals surface area contributed by atoms with Gasteiger partial charge in [0.05, 0.1) is 13.2 Å². The Kier molecular flexibility index (Phi) is 3.96. The highest BCUT2D eigenvalue weighted by molar-refractivity contribution is 4.80. The van der Waals surface area contributed by atoms with Crippen LogP contribution in [0.2, 0.25) is 0 Å². The fourth-order valence-corrected chi connectivity index (χ4v) is 1.39. The van der Waals surface area contributed by atoms with E-state index in [0.717, 1.165) is 39.3 Å². The molecule has 0 aromatic carbocycles. The third-order valence-corrected chi connectivity index (χ3v) is 2.75. The molecule has 0 aliphatic carbocycles. The number of ether oxygens (including phenoxy) is 2. The van der Waals surface area contributed by atoms with Crippen molar-refractivity contribution >= 4 is 0 Å². The van der Waals surface area contributed by atoms with Crippen LogP contribution in [0.25, 0.3) is 0 Å². The first-order valence-electron chi connectivity index (χ1n) is 5.57. The van der Waals surface area contributed by atoms with Crippen molar-refractivity contribution < 1.29 is 9.47 Å². The molecule has 1 fully saturated rings. The summed E-state index contributed by atoms with van der Waals surface area (Å²) in [5.74, 6) is 0. The minimum atomic E-state index is 0.392. The van der Waals surface area contributed by atoms with E-state index in [0.29, 0.717) is 10.8 Å². The Morgan fingerprint density at radius 1 is 1.21 bits per heavy atom. The van der Waals surface area contributed by atoms with E-state index in [9.17, 15) is 0 Å². The largest absolute Gasteiger partial charge is 0.381 e. The molecule has 14 heavy (non-hydrogen) atoms. The second kappa shape index (κ2) is 4.63. The summed E-state index contributed by atoms with van der Waals surface area (Å²) in [6.07, 6.45) is 2.28. The summed E-state index contributed by atoms with van der Waals surface area (Å²) in [5, 5.41) is 0. The minimum Gasteiger partial charge on any atom is -0.381 e. The summed E-state index contributed by atoms with van der Waals surface area (Å²) in [6, 6.07) is 0. The van der Waals surface area contributed by atoms with Crippen molar-refractivity contribution in [2.75, 3.05) is 26.4 Å². The fourth-order valence-electron chi connectivity index (χ4n) is 1.39. The Bertz CT molecular complexity index is 166. The number of rotatable bonds is 5. The van der Waals surface area contributed by atoms with Gasteiger partial charge in [0.1, 0.15) is 0 Å². The molecule has 1 aliphatic heterocycles. The maximum absolute atomic E-state index is 5.63. The summed E-state index contributed by atoms with van der Waals surface area (Å²) in [4.78, 5) is 0. The molecule has 84 valence electrons. The molecule has 0 unspecified atom stereocenters. The maximum Gasteiger partial charge on any atom is 0.0542 e. The van der Waals surface area contributed by atoms with Crippen LogP contribution in [0.1, 0.15) is 40.5 Å². The molecule has 1 saturated heterocycles. The van der Waals surface area contributed by atoms with Crippen molar-refractivity contribution in [2.24, 2.45) is 10.8 Å². The van der Waals surface area contributed by atoms with E-state index in [2.05, 4.69) is 27.7 Å². The Morgan fingerprint density at radius 3 is 2.29 bits per heavy atom. The molecule has 1 aliphatic rings. The smallest absolute Gasteiger partial charge is 0.0542 e. The number of hydrogen-bond donors (Lipinski definition) is 0. The first kappa shape index (κ1) is 12.0. The summed E-state index contributed by atoms with van der Waals surface area (Å²) in [6.45, 7) is 12.6. The Hall–Kier alpha value is -0.0800. The van der Waals surface area contributed by atoms with Gasteiger partial charge in [-0.2, -0.15) is 0 Å². The zero-order valence-electron chi connectivity index (χ0n) is 10.1. The van der Waals surface area contributed by atoms with Crippen LogP contribution < -0.4 is 0 Å². The van der Waals surface area contributed by atoms with Gasteiger partial charge in [-0.1, -0.05) is 27.7 Å². The Labute approximate surface area is 88.0 Å². The standard InChI is InChI=1S/C12H24O2/c1-11(2,3)5-7-13-8-6-12(4)9-14-10-12/h5-10H2,1-4H3. The fraction of sp³-hybridized carbons (Fsp3) is 1.00. The van der Waals surface area contributed by atoms with Crippen molar-refractivity contribution in [1.82, 2.24) is 0 Å². The van der Waals surface area contributed by atoms with Gasteiger partial charge in [0.25, 0.3) is 0 Å². The van der Waals surface area contributed by atoms with Gasteiger partial charge >= 0.3 is 0 Å². The highest BCUT2D eigenvalue weighted by Crippen LogP contribution is 2.30. The maximum atomic E-state index is 5.63. The lowest BCUT2D eigenvalue weighted by Crippen LogP contribution is -2.40. The predicted molar refractivity (Wildman–Crippen MR) is 58.4 cm³/mol.